The van der Waals surface area contributed by atoms with Crippen LogP contribution in [-0.2, 0) is 32.3 Å². The van der Waals surface area contributed by atoms with Crippen LogP contribution in [0.1, 0.15) is 44.7 Å². The number of anilines is 1. The summed E-state index contributed by atoms with van der Waals surface area (Å²) in [6, 6.07) is 7.63. The van der Waals surface area contributed by atoms with E-state index in [1.54, 1.807) is 38.1 Å². The summed E-state index contributed by atoms with van der Waals surface area (Å²) in [6.07, 6.45) is -3.20. The van der Waals surface area contributed by atoms with E-state index in [0.717, 1.165) is 12.3 Å². The Bertz CT molecular complexity index is 1260. The lowest BCUT2D eigenvalue weighted by atomic mass is 10.1. The van der Waals surface area contributed by atoms with Crippen LogP contribution in [0.25, 0.3) is 0 Å². The third-order valence-corrected chi connectivity index (χ3v) is 7.72. The predicted octanol–water partition coefficient (Wildman–Crippen LogP) is 5.50. The van der Waals surface area contributed by atoms with E-state index in [1.165, 1.54) is 4.90 Å². The molecule has 0 spiro atoms. The van der Waals surface area contributed by atoms with E-state index in [2.05, 4.69) is 5.32 Å². The Hall–Kier alpha value is -2.50. The molecule has 0 aliphatic rings. The second-order valence-corrected chi connectivity index (χ2v) is 11.5. The summed E-state index contributed by atoms with van der Waals surface area (Å²) >= 11 is 12.4. The van der Waals surface area contributed by atoms with Gasteiger partial charge in [0.05, 0.1) is 22.5 Å². The first-order valence-electron chi connectivity index (χ1n) is 11.8. The smallest absolute Gasteiger partial charge is 0.352 e. The van der Waals surface area contributed by atoms with Gasteiger partial charge in [-0.15, -0.1) is 0 Å². The molecule has 210 valence electrons. The van der Waals surface area contributed by atoms with Crippen molar-refractivity contribution in [1.82, 2.24) is 10.2 Å². The van der Waals surface area contributed by atoms with Crippen LogP contribution in [0, 0.1) is 0 Å². The van der Waals surface area contributed by atoms with Gasteiger partial charge in [-0.2, -0.15) is 13.2 Å². The van der Waals surface area contributed by atoms with Gasteiger partial charge in [-0.05, 0) is 49.6 Å². The van der Waals surface area contributed by atoms with Crippen LogP contribution in [0.5, 0.6) is 0 Å². The first-order chi connectivity index (χ1) is 17.6. The molecule has 0 saturated heterocycles. The van der Waals surface area contributed by atoms with Crippen LogP contribution in [0.15, 0.2) is 42.5 Å². The molecule has 38 heavy (non-hydrogen) atoms. The SMILES string of the molecule is CC[C@H](C(=O)N[C@@H](C)CC)N(Cc1ccccc1Cl)C(=O)CN(c1cc(C(F)(F)F)ccc1Cl)S(C)(=O)=O. The van der Waals surface area contributed by atoms with Crippen molar-refractivity contribution < 1.29 is 31.2 Å². The second kappa shape index (κ2) is 13.0. The lowest BCUT2D eigenvalue weighted by molar-refractivity contribution is -0.140. The Morgan fingerprint density at radius 3 is 2.18 bits per heavy atom. The van der Waals surface area contributed by atoms with E-state index >= 15 is 0 Å². The van der Waals surface area contributed by atoms with Crippen molar-refractivity contribution in [3.8, 4) is 0 Å². The highest BCUT2D eigenvalue weighted by Gasteiger charge is 2.35. The average molecular weight is 596 g/mol. The van der Waals surface area contributed by atoms with E-state index in [1.807, 2.05) is 6.92 Å². The molecule has 0 fully saturated rings. The number of carbonyl (C=O) groups excluding carboxylic acids is 2. The van der Waals surface area contributed by atoms with Gasteiger partial charge < -0.3 is 10.2 Å². The van der Waals surface area contributed by atoms with Gasteiger partial charge in [0.1, 0.15) is 12.6 Å². The minimum Gasteiger partial charge on any atom is -0.352 e. The largest absolute Gasteiger partial charge is 0.416 e. The van der Waals surface area contributed by atoms with Gasteiger partial charge in [0, 0.05) is 17.6 Å². The molecule has 0 aromatic heterocycles. The summed E-state index contributed by atoms with van der Waals surface area (Å²) in [4.78, 5) is 28.0. The van der Waals surface area contributed by atoms with Crippen LogP contribution in [0.3, 0.4) is 0 Å². The first-order valence-corrected chi connectivity index (χ1v) is 14.4. The molecule has 13 heteroatoms. The fraction of sp³-hybridized carbons (Fsp3) is 0.440. The molecule has 0 unspecified atom stereocenters. The second-order valence-electron chi connectivity index (χ2n) is 8.79. The number of amides is 2. The number of nitrogens with zero attached hydrogens (tertiary/aromatic N) is 2. The maximum Gasteiger partial charge on any atom is 0.416 e. The monoisotopic (exact) mass is 595 g/mol. The number of rotatable bonds is 11. The van der Waals surface area contributed by atoms with E-state index < -0.39 is 51.9 Å². The first kappa shape index (κ1) is 31.7. The Morgan fingerprint density at radius 1 is 1.03 bits per heavy atom. The van der Waals surface area contributed by atoms with E-state index in [0.29, 0.717) is 33.4 Å². The zero-order chi connectivity index (χ0) is 28.8. The molecule has 2 aromatic rings. The van der Waals surface area contributed by atoms with Crippen LogP contribution >= 0.6 is 23.2 Å². The van der Waals surface area contributed by atoms with Gasteiger partial charge in [-0.1, -0.05) is 55.2 Å². The van der Waals surface area contributed by atoms with Gasteiger partial charge >= 0.3 is 6.18 Å². The van der Waals surface area contributed by atoms with Crippen molar-refractivity contribution in [2.75, 3.05) is 17.1 Å². The maximum absolute atomic E-state index is 13.7. The van der Waals surface area contributed by atoms with Gasteiger partial charge in [-0.25, -0.2) is 8.42 Å². The molecular formula is C25H30Cl2F3N3O4S. The van der Waals surface area contributed by atoms with Crippen LogP contribution < -0.4 is 9.62 Å². The van der Waals surface area contributed by atoms with Crippen molar-refractivity contribution >= 4 is 50.7 Å². The summed E-state index contributed by atoms with van der Waals surface area (Å²) < 4.78 is 66.0. The van der Waals surface area contributed by atoms with Gasteiger partial charge in [-0.3, -0.25) is 13.9 Å². The third kappa shape index (κ3) is 8.25. The van der Waals surface area contributed by atoms with Crippen molar-refractivity contribution in [2.24, 2.45) is 0 Å². The summed E-state index contributed by atoms with van der Waals surface area (Å²) in [5.74, 6) is -1.28. The molecule has 0 aliphatic heterocycles. The zero-order valence-corrected chi connectivity index (χ0v) is 23.7. The molecule has 0 radical (unpaired) electrons. The quantitative estimate of drug-likeness (QED) is 0.371. The highest BCUT2D eigenvalue weighted by atomic mass is 35.5. The normalized spacial score (nSPS) is 13.5. The minimum absolute atomic E-state index is 0.140. The molecule has 1 N–H and O–H groups in total. The van der Waals surface area contributed by atoms with Crippen LogP contribution in [-0.4, -0.2) is 50.0 Å². The van der Waals surface area contributed by atoms with Crippen LogP contribution in [0.2, 0.25) is 10.0 Å². The topological polar surface area (TPSA) is 86.8 Å². The lowest BCUT2D eigenvalue weighted by Gasteiger charge is -2.33. The Balaban J connectivity index is 2.56. The van der Waals surface area contributed by atoms with Gasteiger partial charge in [0.15, 0.2) is 0 Å². The highest BCUT2D eigenvalue weighted by Crippen LogP contribution is 2.36. The standard InChI is InChI=1S/C25H30Cl2F3N3O4S/c1-5-16(3)31-24(35)21(6-2)32(14-17-9-7-8-10-19(17)26)23(34)15-33(38(4,36)37)22-13-18(25(28,29)30)11-12-20(22)27/h7-13,16,21H,5-6,14-15H2,1-4H3,(H,31,35)/t16-,21+/m0/s1. The zero-order valence-electron chi connectivity index (χ0n) is 21.4. The molecule has 0 aliphatic carbocycles. The highest BCUT2D eigenvalue weighted by molar-refractivity contribution is 7.92. The number of carbonyl (C=O) groups is 2. The molecule has 7 nitrogen and oxygen atoms in total. The van der Waals surface area contributed by atoms with Crippen LogP contribution in [0.4, 0.5) is 18.9 Å². The number of nitrogens with one attached hydrogen (secondary N) is 1. The van der Waals surface area contributed by atoms with Gasteiger partial charge in [0.25, 0.3) is 0 Å². The number of sulfonamides is 1. The summed E-state index contributed by atoms with van der Waals surface area (Å²) in [5, 5.41) is 2.85. The molecule has 2 amide bonds. The summed E-state index contributed by atoms with van der Waals surface area (Å²) in [5.41, 5.74) is -1.14. The average Bonchev–Trinajstić information content (AvgIpc) is 2.82. The number of benzene rings is 2. The number of hydrogen-bond acceptors (Lipinski definition) is 4. The Kier molecular flexibility index (Phi) is 10.9. The molecule has 2 atom stereocenters. The third-order valence-electron chi connectivity index (χ3n) is 5.91. The molecular weight excluding hydrogens is 566 g/mol. The lowest BCUT2D eigenvalue weighted by Crippen LogP contribution is -2.53. The maximum atomic E-state index is 13.7. The Labute approximate surface area is 230 Å². The molecule has 0 saturated carbocycles. The van der Waals surface area contributed by atoms with Crippen molar-refractivity contribution in [1.29, 1.82) is 0 Å². The van der Waals surface area contributed by atoms with Crippen molar-refractivity contribution in [2.45, 2.75) is 58.4 Å². The molecule has 0 bridgehead atoms. The summed E-state index contributed by atoms with van der Waals surface area (Å²) in [6.45, 7) is 4.33. The predicted molar refractivity (Wildman–Crippen MR) is 143 cm³/mol. The van der Waals surface area contributed by atoms with Gasteiger partial charge in [0.2, 0.25) is 21.8 Å². The fourth-order valence-corrected chi connectivity index (χ4v) is 4.96. The van der Waals surface area contributed by atoms with E-state index in [9.17, 15) is 31.2 Å². The number of alkyl halides is 3. The van der Waals surface area contributed by atoms with Crippen molar-refractivity contribution in [3.63, 3.8) is 0 Å². The Morgan fingerprint density at radius 2 is 1.66 bits per heavy atom. The minimum atomic E-state index is -4.77. The number of halogens is 5. The molecule has 2 rings (SSSR count). The fourth-order valence-electron chi connectivity index (χ4n) is 3.65. The summed E-state index contributed by atoms with van der Waals surface area (Å²) in [7, 11) is -4.28. The van der Waals surface area contributed by atoms with E-state index in [-0.39, 0.29) is 24.0 Å². The number of hydrogen-bond donors (Lipinski definition) is 1. The molecule has 2 aromatic carbocycles. The van der Waals surface area contributed by atoms with Crippen molar-refractivity contribution in [3.05, 3.63) is 63.6 Å². The van der Waals surface area contributed by atoms with E-state index in [4.69, 9.17) is 23.2 Å². The molecule has 0 heterocycles.